The SMILES string of the molecule is COc1cccc(Sc2ncnc3[nH]c(-c4ccc(O)cc4)cc23)c1. The van der Waals surface area contributed by atoms with E-state index in [1.807, 2.05) is 42.5 Å². The second-order valence-electron chi connectivity index (χ2n) is 5.45. The Labute approximate surface area is 148 Å². The number of hydrogen-bond acceptors (Lipinski definition) is 5. The number of phenolic OH excluding ortho intramolecular Hbond substituents is 1. The number of hydrogen-bond donors (Lipinski definition) is 2. The van der Waals surface area contributed by atoms with Crippen molar-refractivity contribution in [3.63, 3.8) is 0 Å². The Balaban J connectivity index is 1.73. The first kappa shape index (κ1) is 15.5. The first-order valence-electron chi connectivity index (χ1n) is 7.68. The van der Waals surface area contributed by atoms with Crippen molar-refractivity contribution < 1.29 is 9.84 Å². The van der Waals surface area contributed by atoms with Crippen LogP contribution in [0.1, 0.15) is 0 Å². The molecule has 0 spiro atoms. The van der Waals surface area contributed by atoms with Crippen LogP contribution < -0.4 is 4.74 Å². The molecule has 2 N–H and O–H groups in total. The predicted molar refractivity (Wildman–Crippen MR) is 98.1 cm³/mol. The zero-order valence-corrected chi connectivity index (χ0v) is 14.2. The lowest BCUT2D eigenvalue weighted by atomic mass is 10.1. The van der Waals surface area contributed by atoms with E-state index in [2.05, 4.69) is 15.0 Å². The quantitative estimate of drug-likeness (QED) is 0.531. The number of rotatable bonds is 4. The number of fused-ring (bicyclic) bond motifs is 1. The largest absolute Gasteiger partial charge is 0.508 e. The lowest BCUT2D eigenvalue weighted by Gasteiger charge is -2.04. The number of nitrogens with one attached hydrogen (secondary N) is 1. The van der Waals surface area contributed by atoms with Crippen molar-refractivity contribution in [1.82, 2.24) is 15.0 Å². The first-order chi connectivity index (χ1) is 12.2. The summed E-state index contributed by atoms with van der Waals surface area (Å²) in [6.45, 7) is 0. The van der Waals surface area contributed by atoms with Gasteiger partial charge in [-0.2, -0.15) is 0 Å². The Kier molecular flexibility index (Phi) is 4.03. The topological polar surface area (TPSA) is 71.0 Å². The van der Waals surface area contributed by atoms with Crippen LogP contribution in [0.2, 0.25) is 0 Å². The molecular formula is C19H15N3O2S. The van der Waals surface area contributed by atoms with E-state index >= 15 is 0 Å². The second kappa shape index (κ2) is 6.49. The first-order valence-corrected chi connectivity index (χ1v) is 8.49. The Morgan fingerprint density at radius 1 is 1.04 bits per heavy atom. The summed E-state index contributed by atoms with van der Waals surface area (Å²) in [6.07, 6.45) is 1.56. The molecule has 5 nitrogen and oxygen atoms in total. The minimum Gasteiger partial charge on any atom is -0.508 e. The molecule has 4 aromatic rings. The van der Waals surface area contributed by atoms with Gasteiger partial charge in [0.05, 0.1) is 12.5 Å². The van der Waals surface area contributed by atoms with E-state index in [0.717, 1.165) is 38.0 Å². The molecule has 0 amide bonds. The molecule has 124 valence electrons. The lowest BCUT2D eigenvalue weighted by Crippen LogP contribution is -1.86. The average Bonchev–Trinajstić information content (AvgIpc) is 3.08. The van der Waals surface area contributed by atoms with Crippen LogP contribution in [0, 0.1) is 0 Å². The van der Waals surface area contributed by atoms with Crippen LogP contribution in [0.5, 0.6) is 11.5 Å². The third-order valence-corrected chi connectivity index (χ3v) is 4.83. The molecule has 0 unspecified atom stereocenters. The minimum absolute atomic E-state index is 0.244. The average molecular weight is 349 g/mol. The van der Waals surface area contributed by atoms with Crippen LogP contribution in [0.15, 0.2) is 70.8 Å². The van der Waals surface area contributed by atoms with Crippen LogP contribution in [0.25, 0.3) is 22.3 Å². The van der Waals surface area contributed by atoms with Crippen LogP contribution in [0.3, 0.4) is 0 Å². The van der Waals surface area contributed by atoms with Crippen LogP contribution in [0.4, 0.5) is 0 Å². The molecule has 0 aliphatic carbocycles. The molecule has 0 radical (unpaired) electrons. The Bertz CT molecular complexity index is 1030. The molecule has 0 saturated heterocycles. The van der Waals surface area contributed by atoms with E-state index in [4.69, 9.17) is 4.74 Å². The van der Waals surface area contributed by atoms with Gasteiger partial charge < -0.3 is 14.8 Å². The van der Waals surface area contributed by atoms with Crippen LogP contribution in [-0.2, 0) is 0 Å². The van der Waals surface area contributed by atoms with Gasteiger partial charge in [-0.3, -0.25) is 0 Å². The lowest BCUT2D eigenvalue weighted by molar-refractivity contribution is 0.413. The second-order valence-corrected chi connectivity index (χ2v) is 6.51. The van der Waals surface area contributed by atoms with Gasteiger partial charge in [-0.1, -0.05) is 17.8 Å². The van der Waals surface area contributed by atoms with Gasteiger partial charge in [-0.15, -0.1) is 0 Å². The zero-order chi connectivity index (χ0) is 17.2. The summed E-state index contributed by atoms with van der Waals surface area (Å²) in [4.78, 5) is 13.1. The number of benzene rings is 2. The molecule has 2 aromatic carbocycles. The molecule has 6 heteroatoms. The molecule has 0 bridgehead atoms. The highest BCUT2D eigenvalue weighted by Gasteiger charge is 2.11. The number of aromatic amines is 1. The van der Waals surface area contributed by atoms with Gasteiger partial charge in [0.2, 0.25) is 0 Å². The molecule has 0 aliphatic rings. The standard InChI is InChI=1S/C19H15N3O2S/c1-24-14-3-2-4-15(9-14)25-19-16-10-17(22-18(16)20-11-21-19)12-5-7-13(23)8-6-12/h2-11,23H,1H3,(H,20,21,22). The fourth-order valence-corrected chi connectivity index (χ4v) is 3.48. The number of nitrogens with zero attached hydrogens (tertiary/aromatic N) is 2. The molecule has 0 saturated carbocycles. The van der Waals surface area contributed by atoms with Crippen molar-refractivity contribution in [3.05, 3.63) is 60.9 Å². The summed E-state index contributed by atoms with van der Waals surface area (Å²) < 4.78 is 5.28. The van der Waals surface area contributed by atoms with Gasteiger partial charge in [-0.25, -0.2) is 9.97 Å². The Morgan fingerprint density at radius 3 is 2.68 bits per heavy atom. The highest BCUT2D eigenvalue weighted by atomic mass is 32.2. The van der Waals surface area contributed by atoms with Gasteiger partial charge in [-0.05, 0) is 54.1 Å². The van der Waals surface area contributed by atoms with E-state index in [1.165, 1.54) is 0 Å². The molecular weight excluding hydrogens is 334 g/mol. The van der Waals surface area contributed by atoms with Crippen molar-refractivity contribution in [2.45, 2.75) is 9.92 Å². The number of ether oxygens (including phenoxy) is 1. The number of aromatic hydroxyl groups is 1. The van der Waals surface area contributed by atoms with E-state index in [1.54, 1.807) is 37.3 Å². The van der Waals surface area contributed by atoms with Gasteiger partial charge in [0.15, 0.2) is 0 Å². The van der Waals surface area contributed by atoms with Gasteiger partial charge in [0, 0.05) is 10.6 Å². The fourth-order valence-electron chi connectivity index (χ4n) is 2.57. The summed E-state index contributed by atoms with van der Waals surface area (Å²) in [7, 11) is 1.66. The maximum atomic E-state index is 9.45. The highest BCUT2D eigenvalue weighted by molar-refractivity contribution is 7.99. The smallest absolute Gasteiger partial charge is 0.142 e. The normalized spacial score (nSPS) is 10.9. The molecule has 0 aliphatic heterocycles. The maximum absolute atomic E-state index is 9.45. The number of aromatic nitrogens is 3. The van der Waals surface area contributed by atoms with Crippen molar-refractivity contribution in [2.75, 3.05) is 7.11 Å². The predicted octanol–water partition coefficient (Wildman–Crippen LogP) is 4.49. The van der Waals surface area contributed by atoms with E-state index in [0.29, 0.717) is 0 Å². The van der Waals surface area contributed by atoms with Crippen LogP contribution in [-0.4, -0.2) is 27.2 Å². The molecule has 0 fully saturated rings. The Morgan fingerprint density at radius 2 is 1.88 bits per heavy atom. The minimum atomic E-state index is 0.244. The summed E-state index contributed by atoms with van der Waals surface area (Å²) in [5.41, 5.74) is 2.69. The fraction of sp³-hybridized carbons (Fsp3) is 0.0526. The maximum Gasteiger partial charge on any atom is 0.142 e. The molecule has 4 rings (SSSR count). The van der Waals surface area contributed by atoms with Crippen molar-refractivity contribution in [1.29, 1.82) is 0 Å². The summed E-state index contributed by atoms with van der Waals surface area (Å²) >= 11 is 1.57. The van der Waals surface area contributed by atoms with Crippen molar-refractivity contribution >= 4 is 22.8 Å². The van der Waals surface area contributed by atoms with Gasteiger partial charge in [0.25, 0.3) is 0 Å². The number of phenols is 1. The summed E-state index contributed by atoms with van der Waals surface area (Å²) in [5.74, 6) is 1.06. The molecule has 0 atom stereocenters. The van der Waals surface area contributed by atoms with Crippen molar-refractivity contribution in [3.8, 4) is 22.8 Å². The van der Waals surface area contributed by atoms with E-state index in [-0.39, 0.29) is 5.75 Å². The molecule has 25 heavy (non-hydrogen) atoms. The van der Waals surface area contributed by atoms with E-state index in [9.17, 15) is 5.11 Å². The van der Waals surface area contributed by atoms with Crippen LogP contribution >= 0.6 is 11.8 Å². The van der Waals surface area contributed by atoms with Gasteiger partial charge >= 0.3 is 0 Å². The van der Waals surface area contributed by atoms with E-state index < -0.39 is 0 Å². The zero-order valence-electron chi connectivity index (χ0n) is 13.4. The number of methoxy groups -OCH3 is 1. The monoisotopic (exact) mass is 349 g/mol. The third kappa shape index (κ3) is 3.16. The third-order valence-electron chi connectivity index (χ3n) is 3.82. The Hall–Kier alpha value is -2.99. The van der Waals surface area contributed by atoms with Crippen molar-refractivity contribution in [2.24, 2.45) is 0 Å². The summed E-state index contributed by atoms with van der Waals surface area (Å²) in [5, 5.41) is 11.3. The number of H-pyrrole nitrogens is 1. The van der Waals surface area contributed by atoms with Gasteiger partial charge in [0.1, 0.15) is 28.5 Å². The molecule has 2 aromatic heterocycles. The summed E-state index contributed by atoms with van der Waals surface area (Å²) in [6, 6.07) is 17.0. The highest BCUT2D eigenvalue weighted by Crippen LogP contribution is 2.34. The molecule has 2 heterocycles.